The van der Waals surface area contributed by atoms with E-state index in [0.29, 0.717) is 5.56 Å². The average Bonchev–Trinajstić information content (AvgIpc) is 2.45. The molecule has 0 radical (unpaired) electrons. The Morgan fingerprint density at radius 3 is 1.85 bits per heavy atom. The highest BCUT2D eigenvalue weighted by Gasteiger charge is 2.11. The average molecular weight is 268 g/mol. The summed E-state index contributed by atoms with van der Waals surface area (Å²) in [6.07, 6.45) is 1.55. The van der Waals surface area contributed by atoms with E-state index in [2.05, 4.69) is 0 Å². The van der Waals surface area contributed by atoms with E-state index in [1.165, 1.54) is 24.3 Å². The Bertz CT molecular complexity index is 655. The molecule has 0 fully saturated rings. The molecule has 0 bridgehead atoms. The van der Waals surface area contributed by atoms with Gasteiger partial charge in [0.1, 0.15) is 0 Å². The number of benzene rings is 2. The molecule has 0 saturated heterocycles. The quantitative estimate of drug-likeness (QED) is 0.660. The molecule has 2 N–H and O–H groups in total. The highest BCUT2D eigenvalue weighted by molar-refractivity contribution is 6.20. The zero-order chi connectivity index (χ0) is 14.5. The summed E-state index contributed by atoms with van der Waals surface area (Å²) in [5.74, 6) is -2.10. The third-order valence-electron chi connectivity index (χ3n) is 2.78. The molecule has 4 heteroatoms. The number of hydrogen-bond donors (Lipinski definition) is 2. The predicted molar refractivity (Wildman–Crippen MR) is 75.4 cm³/mol. The minimum absolute atomic E-state index is 0.119. The van der Waals surface area contributed by atoms with Crippen molar-refractivity contribution < 1.29 is 19.8 Å². The monoisotopic (exact) mass is 268 g/mol. The molecule has 0 aromatic heterocycles. The van der Waals surface area contributed by atoms with Crippen LogP contribution in [0.3, 0.4) is 0 Å². The summed E-state index contributed by atoms with van der Waals surface area (Å²) in [5.41, 5.74) is 1.48. The Labute approximate surface area is 115 Å². The second-order valence-electron chi connectivity index (χ2n) is 4.16. The predicted octanol–water partition coefficient (Wildman–Crippen LogP) is 3.01. The Kier molecular flexibility index (Phi) is 3.96. The molecule has 0 heterocycles. The smallest absolute Gasteiger partial charge is 0.336 e. The molecule has 2 aromatic carbocycles. The van der Waals surface area contributed by atoms with Gasteiger partial charge in [0.25, 0.3) is 0 Å². The van der Waals surface area contributed by atoms with Gasteiger partial charge in [-0.15, -0.1) is 0 Å². The van der Waals surface area contributed by atoms with Crippen LogP contribution in [0.25, 0.3) is 11.6 Å². The molecule has 0 aliphatic rings. The molecule has 0 aliphatic heterocycles. The van der Waals surface area contributed by atoms with Crippen molar-refractivity contribution in [3.8, 4) is 0 Å². The van der Waals surface area contributed by atoms with Crippen LogP contribution in [0.5, 0.6) is 0 Å². The molecular formula is C16H12O4. The van der Waals surface area contributed by atoms with Crippen LogP contribution in [0.2, 0.25) is 0 Å². The second kappa shape index (κ2) is 5.84. The summed E-state index contributed by atoms with van der Waals surface area (Å²) in [5, 5.41) is 18.1. The number of aliphatic carboxylic acids is 1. The van der Waals surface area contributed by atoms with Crippen molar-refractivity contribution >= 4 is 23.6 Å². The van der Waals surface area contributed by atoms with Crippen molar-refractivity contribution in [2.45, 2.75) is 0 Å². The standard InChI is InChI=1S/C16H12O4/c17-15(18)13-8-6-12(7-9-13)14(16(19)20)10-11-4-2-1-3-5-11/h1-10H,(H,17,18)(H,19,20). The number of carboxylic acids is 2. The Morgan fingerprint density at radius 2 is 1.35 bits per heavy atom. The van der Waals surface area contributed by atoms with E-state index in [-0.39, 0.29) is 11.1 Å². The van der Waals surface area contributed by atoms with E-state index < -0.39 is 11.9 Å². The van der Waals surface area contributed by atoms with Gasteiger partial charge in [-0.3, -0.25) is 0 Å². The lowest BCUT2D eigenvalue weighted by Crippen LogP contribution is -2.01. The lowest BCUT2D eigenvalue weighted by molar-refractivity contribution is -0.130. The SMILES string of the molecule is O=C(O)C(=Cc1ccccc1)c1ccc(C(=O)O)cc1. The summed E-state index contributed by atoms with van der Waals surface area (Å²) >= 11 is 0. The first-order valence-corrected chi connectivity index (χ1v) is 5.91. The zero-order valence-corrected chi connectivity index (χ0v) is 10.5. The minimum atomic E-state index is -1.06. The van der Waals surface area contributed by atoms with Gasteiger partial charge in [0, 0.05) is 0 Å². The maximum atomic E-state index is 11.3. The highest BCUT2D eigenvalue weighted by atomic mass is 16.4. The molecule has 2 rings (SSSR count). The molecule has 0 amide bonds. The molecule has 4 nitrogen and oxygen atoms in total. The van der Waals surface area contributed by atoms with Gasteiger partial charge in [-0.1, -0.05) is 42.5 Å². The molecule has 0 spiro atoms. The van der Waals surface area contributed by atoms with Crippen LogP contribution < -0.4 is 0 Å². The number of aromatic carboxylic acids is 1. The zero-order valence-electron chi connectivity index (χ0n) is 10.5. The minimum Gasteiger partial charge on any atom is -0.478 e. The van der Waals surface area contributed by atoms with E-state index in [4.69, 9.17) is 5.11 Å². The van der Waals surface area contributed by atoms with Crippen molar-refractivity contribution in [3.63, 3.8) is 0 Å². The molecule has 0 aliphatic carbocycles. The van der Waals surface area contributed by atoms with Crippen molar-refractivity contribution in [2.24, 2.45) is 0 Å². The van der Waals surface area contributed by atoms with E-state index in [1.54, 1.807) is 18.2 Å². The van der Waals surface area contributed by atoms with Crippen molar-refractivity contribution in [1.82, 2.24) is 0 Å². The summed E-state index contributed by atoms with van der Waals surface area (Å²) in [6, 6.07) is 14.8. The molecule has 20 heavy (non-hydrogen) atoms. The normalized spacial score (nSPS) is 11.1. The van der Waals surface area contributed by atoms with Crippen molar-refractivity contribution in [2.75, 3.05) is 0 Å². The van der Waals surface area contributed by atoms with E-state index in [9.17, 15) is 14.7 Å². The van der Waals surface area contributed by atoms with Crippen LogP contribution in [0.15, 0.2) is 54.6 Å². The fourth-order valence-corrected chi connectivity index (χ4v) is 1.78. The lowest BCUT2D eigenvalue weighted by atomic mass is 10.0. The van der Waals surface area contributed by atoms with Crippen LogP contribution in [0.4, 0.5) is 0 Å². The van der Waals surface area contributed by atoms with Crippen molar-refractivity contribution in [1.29, 1.82) is 0 Å². The molecule has 0 atom stereocenters. The fourth-order valence-electron chi connectivity index (χ4n) is 1.78. The number of carboxylic acid groups (broad SMARTS) is 2. The highest BCUT2D eigenvalue weighted by Crippen LogP contribution is 2.19. The van der Waals surface area contributed by atoms with Crippen LogP contribution in [0.1, 0.15) is 21.5 Å². The number of hydrogen-bond acceptors (Lipinski definition) is 2. The van der Waals surface area contributed by atoms with E-state index >= 15 is 0 Å². The molecule has 100 valence electrons. The molecule has 2 aromatic rings. The van der Waals surface area contributed by atoms with E-state index in [1.807, 2.05) is 18.2 Å². The van der Waals surface area contributed by atoms with Gasteiger partial charge < -0.3 is 10.2 Å². The van der Waals surface area contributed by atoms with Gasteiger partial charge in [0.05, 0.1) is 11.1 Å². The molecule has 0 saturated carbocycles. The van der Waals surface area contributed by atoms with E-state index in [0.717, 1.165) is 5.56 Å². The Balaban J connectivity index is 2.41. The Morgan fingerprint density at radius 1 is 0.800 bits per heavy atom. The maximum Gasteiger partial charge on any atom is 0.336 e. The molecule has 0 unspecified atom stereocenters. The van der Waals surface area contributed by atoms with Gasteiger partial charge in [-0.05, 0) is 29.3 Å². The lowest BCUT2D eigenvalue weighted by Gasteiger charge is -2.04. The third-order valence-corrected chi connectivity index (χ3v) is 2.78. The van der Waals surface area contributed by atoms with Crippen LogP contribution in [-0.2, 0) is 4.79 Å². The van der Waals surface area contributed by atoms with Gasteiger partial charge >= 0.3 is 11.9 Å². The number of rotatable bonds is 4. The number of carbonyl (C=O) groups is 2. The first-order chi connectivity index (χ1) is 9.58. The summed E-state index contributed by atoms with van der Waals surface area (Å²) in [7, 11) is 0. The van der Waals surface area contributed by atoms with Gasteiger partial charge in [-0.25, -0.2) is 9.59 Å². The van der Waals surface area contributed by atoms with Gasteiger partial charge in [0.15, 0.2) is 0 Å². The van der Waals surface area contributed by atoms with Crippen molar-refractivity contribution in [3.05, 3.63) is 71.3 Å². The maximum absolute atomic E-state index is 11.3. The Hall–Kier alpha value is -2.88. The molecular weight excluding hydrogens is 256 g/mol. The first kappa shape index (κ1) is 13.5. The fraction of sp³-hybridized carbons (Fsp3) is 0. The topological polar surface area (TPSA) is 74.6 Å². The third kappa shape index (κ3) is 3.11. The second-order valence-corrected chi connectivity index (χ2v) is 4.16. The summed E-state index contributed by atoms with van der Waals surface area (Å²) in [4.78, 5) is 22.1. The summed E-state index contributed by atoms with van der Waals surface area (Å²) in [6.45, 7) is 0. The summed E-state index contributed by atoms with van der Waals surface area (Å²) < 4.78 is 0. The van der Waals surface area contributed by atoms with Crippen LogP contribution >= 0.6 is 0 Å². The largest absolute Gasteiger partial charge is 0.478 e. The van der Waals surface area contributed by atoms with Gasteiger partial charge in [0.2, 0.25) is 0 Å². The van der Waals surface area contributed by atoms with Crippen LogP contribution in [-0.4, -0.2) is 22.2 Å². The first-order valence-electron chi connectivity index (χ1n) is 5.91. The van der Waals surface area contributed by atoms with Gasteiger partial charge in [-0.2, -0.15) is 0 Å². The van der Waals surface area contributed by atoms with Crippen LogP contribution in [0, 0.1) is 0 Å².